The SMILES string of the molecule is C[C@H]1CNCCN1C(=O)c1ccc(F)cc1O. The van der Waals surface area contributed by atoms with Gasteiger partial charge in [-0.2, -0.15) is 0 Å². The van der Waals surface area contributed by atoms with Gasteiger partial charge in [-0.15, -0.1) is 0 Å². The molecule has 2 rings (SSSR count). The monoisotopic (exact) mass is 238 g/mol. The van der Waals surface area contributed by atoms with Gasteiger partial charge in [0, 0.05) is 31.7 Å². The summed E-state index contributed by atoms with van der Waals surface area (Å²) < 4.78 is 12.8. The second kappa shape index (κ2) is 4.71. The lowest BCUT2D eigenvalue weighted by molar-refractivity contribution is 0.0652. The molecule has 0 bridgehead atoms. The summed E-state index contributed by atoms with van der Waals surface area (Å²) in [5, 5.41) is 12.8. The molecule has 0 aromatic heterocycles. The van der Waals surface area contributed by atoms with E-state index in [0.717, 1.165) is 19.2 Å². The highest BCUT2D eigenvalue weighted by Gasteiger charge is 2.25. The molecule has 1 heterocycles. The highest BCUT2D eigenvalue weighted by Crippen LogP contribution is 2.21. The van der Waals surface area contributed by atoms with E-state index in [-0.39, 0.29) is 23.3 Å². The third-order valence-corrected chi connectivity index (χ3v) is 2.95. The van der Waals surface area contributed by atoms with Crippen LogP contribution in [-0.4, -0.2) is 41.6 Å². The van der Waals surface area contributed by atoms with Crippen LogP contribution in [0.4, 0.5) is 4.39 Å². The Balaban J connectivity index is 2.24. The molecule has 1 aliphatic heterocycles. The number of carbonyl (C=O) groups excluding carboxylic acids is 1. The third-order valence-electron chi connectivity index (χ3n) is 2.95. The van der Waals surface area contributed by atoms with Gasteiger partial charge in [0.1, 0.15) is 11.6 Å². The zero-order valence-electron chi connectivity index (χ0n) is 9.61. The molecule has 1 amide bonds. The van der Waals surface area contributed by atoms with Crippen LogP contribution in [0.15, 0.2) is 18.2 Å². The van der Waals surface area contributed by atoms with E-state index in [4.69, 9.17) is 0 Å². The van der Waals surface area contributed by atoms with E-state index in [1.165, 1.54) is 12.1 Å². The molecule has 1 aromatic carbocycles. The summed E-state index contributed by atoms with van der Waals surface area (Å²) in [6.07, 6.45) is 0. The van der Waals surface area contributed by atoms with Gasteiger partial charge in [-0.1, -0.05) is 0 Å². The lowest BCUT2D eigenvalue weighted by Gasteiger charge is -2.34. The molecular weight excluding hydrogens is 223 g/mol. The molecule has 0 spiro atoms. The van der Waals surface area contributed by atoms with Crippen LogP contribution in [0, 0.1) is 5.82 Å². The number of halogens is 1. The van der Waals surface area contributed by atoms with Gasteiger partial charge < -0.3 is 15.3 Å². The highest BCUT2D eigenvalue weighted by atomic mass is 19.1. The van der Waals surface area contributed by atoms with Gasteiger partial charge in [0.2, 0.25) is 0 Å². The molecule has 0 radical (unpaired) electrons. The van der Waals surface area contributed by atoms with Crippen LogP contribution in [0.3, 0.4) is 0 Å². The van der Waals surface area contributed by atoms with E-state index in [9.17, 15) is 14.3 Å². The fraction of sp³-hybridized carbons (Fsp3) is 0.417. The van der Waals surface area contributed by atoms with Crippen LogP contribution in [-0.2, 0) is 0 Å². The summed E-state index contributed by atoms with van der Waals surface area (Å²) in [6.45, 7) is 3.99. The van der Waals surface area contributed by atoms with Crippen molar-refractivity contribution >= 4 is 5.91 Å². The molecule has 0 aliphatic carbocycles. The van der Waals surface area contributed by atoms with E-state index < -0.39 is 5.82 Å². The van der Waals surface area contributed by atoms with Crippen molar-refractivity contribution in [2.24, 2.45) is 0 Å². The minimum Gasteiger partial charge on any atom is -0.507 e. The number of phenolic OH excluding ortho intramolecular Hbond substituents is 1. The first-order valence-corrected chi connectivity index (χ1v) is 5.60. The largest absolute Gasteiger partial charge is 0.507 e. The molecule has 5 heteroatoms. The Morgan fingerprint density at radius 1 is 1.59 bits per heavy atom. The number of nitrogens with one attached hydrogen (secondary N) is 1. The standard InChI is InChI=1S/C12H15FN2O2/c1-8-7-14-4-5-15(8)12(17)10-3-2-9(13)6-11(10)16/h2-3,6,8,14,16H,4-5,7H2,1H3/t8-/m0/s1. The van der Waals surface area contributed by atoms with E-state index >= 15 is 0 Å². The smallest absolute Gasteiger partial charge is 0.257 e. The van der Waals surface area contributed by atoms with Gasteiger partial charge in [-0.25, -0.2) is 4.39 Å². The molecule has 92 valence electrons. The van der Waals surface area contributed by atoms with Crippen LogP contribution in [0.2, 0.25) is 0 Å². The Morgan fingerprint density at radius 3 is 3.00 bits per heavy atom. The molecular formula is C12H15FN2O2. The van der Waals surface area contributed by atoms with Crippen molar-refractivity contribution in [2.75, 3.05) is 19.6 Å². The second-order valence-corrected chi connectivity index (χ2v) is 4.21. The summed E-state index contributed by atoms with van der Waals surface area (Å²) >= 11 is 0. The molecule has 1 saturated heterocycles. The number of phenols is 1. The molecule has 1 atom stereocenters. The number of benzene rings is 1. The molecule has 0 unspecified atom stereocenters. The number of amides is 1. The normalized spacial score (nSPS) is 20.4. The molecule has 4 nitrogen and oxygen atoms in total. The van der Waals surface area contributed by atoms with Crippen molar-refractivity contribution < 1.29 is 14.3 Å². The van der Waals surface area contributed by atoms with E-state index in [1.54, 1.807) is 4.90 Å². The van der Waals surface area contributed by atoms with E-state index in [2.05, 4.69) is 5.32 Å². The van der Waals surface area contributed by atoms with Crippen molar-refractivity contribution in [2.45, 2.75) is 13.0 Å². The molecule has 1 fully saturated rings. The number of piperazine rings is 1. The van der Waals surface area contributed by atoms with Crippen molar-refractivity contribution in [1.82, 2.24) is 10.2 Å². The second-order valence-electron chi connectivity index (χ2n) is 4.21. The van der Waals surface area contributed by atoms with Gasteiger partial charge in [0.05, 0.1) is 5.56 Å². The summed E-state index contributed by atoms with van der Waals surface area (Å²) in [5.41, 5.74) is 0.153. The predicted molar refractivity (Wildman–Crippen MR) is 61.4 cm³/mol. The summed E-state index contributed by atoms with van der Waals surface area (Å²) in [6, 6.07) is 3.53. The van der Waals surface area contributed by atoms with Gasteiger partial charge in [0.15, 0.2) is 0 Å². The molecule has 1 aliphatic rings. The number of aromatic hydroxyl groups is 1. The maximum absolute atomic E-state index is 12.8. The van der Waals surface area contributed by atoms with E-state index in [1.807, 2.05) is 6.92 Å². The third kappa shape index (κ3) is 2.39. The van der Waals surface area contributed by atoms with Gasteiger partial charge >= 0.3 is 0 Å². The zero-order chi connectivity index (χ0) is 12.4. The molecule has 0 saturated carbocycles. The number of hydrogen-bond donors (Lipinski definition) is 2. The Bertz CT molecular complexity index is 437. The zero-order valence-corrected chi connectivity index (χ0v) is 9.61. The van der Waals surface area contributed by atoms with Crippen LogP contribution < -0.4 is 5.32 Å². The van der Waals surface area contributed by atoms with Gasteiger partial charge in [-0.05, 0) is 19.1 Å². The highest BCUT2D eigenvalue weighted by molar-refractivity contribution is 5.97. The van der Waals surface area contributed by atoms with Crippen molar-refractivity contribution in [3.05, 3.63) is 29.6 Å². The lowest BCUT2D eigenvalue weighted by atomic mass is 10.1. The average molecular weight is 238 g/mol. The van der Waals surface area contributed by atoms with Crippen molar-refractivity contribution in [3.8, 4) is 5.75 Å². The minimum absolute atomic E-state index is 0.0701. The Hall–Kier alpha value is -1.62. The topological polar surface area (TPSA) is 52.6 Å². The fourth-order valence-electron chi connectivity index (χ4n) is 1.98. The number of nitrogens with zero attached hydrogens (tertiary/aromatic N) is 1. The maximum atomic E-state index is 12.8. The van der Waals surface area contributed by atoms with Crippen LogP contribution >= 0.6 is 0 Å². The van der Waals surface area contributed by atoms with Crippen LogP contribution in [0.5, 0.6) is 5.75 Å². The average Bonchev–Trinajstić information content (AvgIpc) is 2.29. The van der Waals surface area contributed by atoms with Gasteiger partial charge in [0.25, 0.3) is 5.91 Å². The fourth-order valence-corrected chi connectivity index (χ4v) is 1.98. The van der Waals surface area contributed by atoms with Crippen molar-refractivity contribution in [3.63, 3.8) is 0 Å². The summed E-state index contributed by atoms with van der Waals surface area (Å²) in [4.78, 5) is 13.8. The summed E-state index contributed by atoms with van der Waals surface area (Å²) in [5.74, 6) is -1.11. The predicted octanol–water partition coefficient (Wildman–Crippen LogP) is 0.965. The first kappa shape index (κ1) is 11.9. The molecule has 2 N–H and O–H groups in total. The quantitative estimate of drug-likeness (QED) is 0.766. The lowest BCUT2D eigenvalue weighted by Crippen LogP contribution is -2.52. The van der Waals surface area contributed by atoms with Crippen molar-refractivity contribution in [1.29, 1.82) is 0 Å². The Morgan fingerprint density at radius 2 is 2.35 bits per heavy atom. The van der Waals surface area contributed by atoms with Crippen LogP contribution in [0.25, 0.3) is 0 Å². The first-order valence-electron chi connectivity index (χ1n) is 5.60. The molecule has 1 aromatic rings. The number of rotatable bonds is 1. The minimum atomic E-state index is -0.549. The van der Waals surface area contributed by atoms with Crippen LogP contribution in [0.1, 0.15) is 17.3 Å². The molecule has 17 heavy (non-hydrogen) atoms. The first-order chi connectivity index (χ1) is 8.09. The number of hydrogen-bond acceptors (Lipinski definition) is 3. The van der Waals surface area contributed by atoms with E-state index in [0.29, 0.717) is 6.54 Å². The van der Waals surface area contributed by atoms with Gasteiger partial charge in [-0.3, -0.25) is 4.79 Å². The maximum Gasteiger partial charge on any atom is 0.257 e. The summed E-state index contributed by atoms with van der Waals surface area (Å²) in [7, 11) is 0. The Labute approximate surface area is 99.0 Å². The Kier molecular flexibility index (Phi) is 3.28. The number of carbonyl (C=O) groups is 1.